The zero-order valence-corrected chi connectivity index (χ0v) is 18.2. The largest absolute Gasteiger partial charge is 0.345 e. The molecule has 29 heavy (non-hydrogen) atoms. The number of nitrogens with one attached hydrogen (secondary N) is 1. The standard InChI is InChI=1S/C22H27ClN2O3S/c1-2-20(17-10-6-5-7-11-17)24-22(26)18-12-13-19(23)21(16-18)29(27,28)25-14-8-3-4-9-15-25/h5-7,10-13,16,20H,2-4,8-9,14-15H2,1H3,(H,24,26). The number of hydrogen-bond donors (Lipinski definition) is 1. The molecule has 1 atom stereocenters. The van der Waals surface area contributed by atoms with E-state index < -0.39 is 10.0 Å². The van der Waals surface area contributed by atoms with E-state index in [0.717, 1.165) is 37.7 Å². The summed E-state index contributed by atoms with van der Waals surface area (Å²) in [6.07, 6.45) is 4.46. The summed E-state index contributed by atoms with van der Waals surface area (Å²) < 4.78 is 27.8. The molecule has 1 saturated heterocycles. The van der Waals surface area contributed by atoms with Crippen LogP contribution in [0.15, 0.2) is 53.4 Å². The Bertz CT molecular complexity index is 940. The van der Waals surface area contributed by atoms with E-state index in [4.69, 9.17) is 11.6 Å². The fourth-order valence-electron chi connectivity index (χ4n) is 3.61. The first-order chi connectivity index (χ1) is 13.9. The summed E-state index contributed by atoms with van der Waals surface area (Å²) in [4.78, 5) is 12.8. The molecule has 156 valence electrons. The van der Waals surface area contributed by atoms with Gasteiger partial charge in [-0.1, -0.05) is 61.7 Å². The molecule has 0 bridgehead atoms. The van der Waals surface area contributed by atoms with Crippen molar-refractivity contribution in [2.45, 2.75) is 50.0 Å². The summed E-state index contributed by atoms with van der Waals surface area (Å²) in [5, 5.41) is 3.14. The Morgan fingerprint density at radius 1 is 1.07 bits per heavy atom. The van der Waals surface area contributed by atoms with Gasteiger partial charge in [-0.25, -0.2) is 8.42 Å². The molecule has 2 aromatic rings. The lowest BCUT2D eigenvalue weighted by Crippen LogP contribution is -2.32. The van der Waals surface area contributed by atoms with Crippen molar-refractivity contribution in [1.29, 1.82) is 0 Å². The second-order valence-electron chi connectivity index (χ2n) is 7.31. The van der Waals surface area contributed by atoms with Gasteiger partial charge in [0, 0.05) is 18.7 Å². The molecule has 3 rings (SSSR count). The average Bonchev–Trinajstić information content (AvgIpc) is 3.03. The van der Waals surface area contributed by atoms with E-state index in [0.29, 0.717) is 13.1 Å². The van der Waals surface area contributed by atoms with Crippen LogP contribution in [-0.2, 0) is 10.0 Å². The van der Waals surface area contributed by atoms with Crippen LogP contribution in [-0.4, -0.2) is 31.7 Å². The molecule has 0 spiro atoms. The third-order valence-corrected chi connectivity index (χ3v) is 7.67. The molecule has 1 N–H and O–H groups in total. The predicted octanol–water partition coefficient (Wildman–Crippen LogP) is 4.79. The van der Waals surface area contributed by atoms with Gasteiger partial charge in [0.2, 0.25) is 10.0 Å². The number of halogens is 1. The number of carbonyl (C=O) groups is 1. The number of sulfonamides is 1. The van der Waals surface area contributed by atoms with Crippen LogP contribution in [0.1, 0.15) is 61.0 Å². The van der Waals surface area contributed by atoms with E-state index in [9.17, 15) is 13.2 Å². The van der Waals surface area contributed by atoms with Crippen molar-refractivity contribution >= 4 is 27.5 Å². The summed E-state index contributed by atoms with van der Waals surface area (Å²) in [7, 11) is -3.74. The minimum absolute atomic E-state index is 0.00137. The van der Waals surface area contributed by atoms with Crippen LogP contribution in [0.4, 0.5) is 0 Å². The van der Waals surface area contributed by atoms with E-state index >= 15 is 0 Å². The zero-order chi connectivity index (χ0) is 20.9. The summed E-state index contributed by atoms with van der Waals surface area (Å²) in [5.41, 5.74) is 1.30. The molecule has 1 amide bonds. The fraction of sp³-hybridized carbons (Fsp3) is 0.409. The lowest BCUT2D eigenvalue weighted by Gasteiger charge is -2.21. The first-order valence-electron chi connectivity index (χ1n) is 10.1. The molecular formula is C22H27ClN2O3S. The molecule has 5 nitrogen and oxygen atoms in total. The summed E-state index contributed by atoms with van der Waals surface area (Å²) in [6.45, 7) is 2.97. The van der Waals surface area contributed by atoms with Gasteiger partial charge in [-0.15, -0.1) is 0 Å². The highest BCUT2D eigenvalue weighted by molar-refractivity contribution is 7.89. The molecular weight excluding hydrogens is 408 g/mol. The van der Waals surface area contributed by atoms with E-state index in [1.165, 1.54) is 16.4 Å². The number of amides is 1. The first-order valence-corrected chi connectivity index (χ1v) is 11.9. The van der Waals surface area contributed by atoms with Crippen LogP contribution in [0, 0.1) is 0 Å². The van der Waals surface area contributed by atoms with Gasteiger partial charge in [-0.05, 0) is 43.0 Å². The Kier molecular flexibility index (Phi) is 7.33. The normalized spacial score (nSPS) is 16.8. The van der Waals surface area contributed by atoms with Crippen molar-refractivity contribution in [3.05, 3.63) is 64.7 Å². The van der Waals surface area contributed by atoms with Gasteiger partial charge in [0.05, 0.1) is 11.1 Å². The number of nitrogens with zero attached hydrogens (tertiary/aromatic N) is 1. The van der Waals surface area contributed by atoms with Crippen molar-refractivity contribution in [2.24, 2.45) is 0 Å². The summed E-state index contributed by atoms with van der Waals surface area (Å²) in [5.74, 6) is -0.315. The van der Waals surface area contributed by atoms with Crippen LogP contribution in [0.2, 0.25) is 5.02 Å². The lowest BCUT2D eigenvalue weighted by molar-refractivity contribution is 0.0935. The highest BCUT2D eigenvalue weighted by Gasteiger charge is 2.28. The highest BCUT2D eigenvalue weighted by Crippen LogP contribution is 2.28. The molecule has 0 aromatic heterocycles. The fourth-order valence-corrected chi connectivity index (χ4v) is 5.63. The van der Waals surface area contributed by atoms with Gasteiger partial charge in [0.1, 0.15) is 4.90 Å². The van der Waals surface area contributed by atoms with Crippen LogP contribution in [0.5, 0.6) is 0 Å². The van der Waals surface area contributed by atoms with E-state index in [1.54, 1.807) is 6.07 Å². The molecule has 1 aliphatic heterocycles. The average molecular weight is 435 g/mol. The second-order valence-corrected chi connectivity index (χ2v) is 9.62. The quantitative estimate of drug-likeness (QED) is 0.711. The van der Waals surface area contributed by atoms with Gasteiger partial charge in [0.15, 0.2) is 0 Å². The topological polar surface area (TPSA) is 66.5 Å². The van der Waals surface area contributed by atoms with Crippen molar-refractivity contribution in [3.63, 3.8) is 0 Å². The number of carbonyl (C=O) groups excluding carboxylic acids is 1. The number of benzene rings is 2. The molecule has 2 aromatic carbocycles. The van der Waals surface area contributed by atoms with Crippen molar-refractivity contribution < 1.29 is 13.2 Å². The van der Waals surface area contributed by atoms with Gasteiger partial charge in [-0.3, -0.25) is 4.79 Å². The van der Waals surface area contributed by atoms with Gasteiger partial charge in [-0.2, -0.15) is 4.31 Å². The Hall–Kier alpha value is -1.89. The van der Waals surface area contributed by atoms with Crippen molar-refractivity contribution in [3.8, 4) is 0 Å². The third-order valence-electron chi connectivity index (χ3n) is 5.29. The molecule has 0 aliphatic carbocycles. The predicted molar refractivity (Wildman–Crippen MR) is 116 cm³/mol. The van der Waals surface area contributed by atoms with Crippen LogP contribution in [0.25, 0.3) is 0 Å². The Balaban J connectivity index is 1.85. The third kappa shape index (κ3) is 5.18. The van der Waals surface area contributed by atoms with E-state index in [-0.39, 0.29) is 27.4 Å². The van der Waals surface area contributed by atoms with Gasteiger partial charge >= 0.3 is 0 Å². The minimum Gasteiger partial charge on any atom is -0.345 e. The summed E-state index contributed by atoms with van der Waals surface area (Å²) in [6, 6.07) is 14.0. The summed E-state index contributed by atoms with van der Waals surface area (Å²) >= 11 is 6.24. The first kappa shape index (κ1) is 21.8. The maximum Gasteiger partial charge on any atom is 0.251 e. The minimum atomic E-state index is -3.74. The molecule has 1 heterocycles. The monoisotopic (exact) mass is 434 g/mol. The Morgan fingerprint density at radius 3 is 2.34 bits per heavy atom. The molecule has 0 radical (unpaired) electrons. The number of hydrogen-bond acceptors (Lipinski definition) is 3. The SMILES string of the molecule is CCC(NC(=O)c1ccc(Cl)c(S(=O)(=O)N2CCCCCC2)c1)c1ccccc1. The maximum atomic E-state index is 13.1. The van der Waals surface area contributed by atoms with Gasteiger partial charge in [0.25, 0.3) is 5.91 Å². The van der Waals surface area contributed by atoms with Crippen LogP contribution >= 0.6 is 11.6 Å². The molecule has 1 aliphatic rings. The molecule has 0 saturated carbocycles. The maximum absolute atomic E-state index is 13.1. The Labute approximate surface area is 178 Å². The van der Waals surface area contributed by atoms with Crippen molar-refractivity contribution in [2.75, 3.05) is 13.1 Å². The van der Waals surface area contributed by atoms with E-state index in [1.807, 2.05) is 37.3 Å². The zero-order valence-electron chi connectivity index (χ0n) is 16.6. The molecule has 1 unspecified atom stereocenters. The Morgan fingerprint density at radius 2 is 1.72 bits per heavy atom. The highest BCUT2D eigenvalue weighted by atomic mass is 35.5. The van der Waals surface area contributed by atoms with Crippen LogP contribution < -0.4 is 5.32 Å². The smallest absolute Gasteiger partial charge is 0.251 e. The second kappa shape index (κ2) is 9.74. The van der Waals surface area contributed by atoms with Crippen molar-refractivity contribution in [1.82, 2.24) is 9.62 Å². The number of rotatable bonds is 6. The lowest BCUT2D eigenvalue weighted by atomic mass is 10.0. The van der Waals surface area contributed by atoms with Gasteiger partial charge < -0.3 is 5.32 Å². The molecule has 1 fully saturated rings. The van der Waals surface area contributed by atoms with E-state index in [2.05, 4.69) is 5.32 Å². The molecule has 7 heteroatoms. The van der Waals surface area contributed by atoms with Crippen LogP contribution in [0.3, 0.4) is 0 Å².